The molecule has 5 heteroatoms. The van der Waals surface area contributed by atoms with E-state index in [1.54, 1.807) is 6.92 Å². The number of rotatable bonds is 2. The minimum Gasteiger partial charge on any atom is -0.423 e. The molecule has 0 unspecified atom stereocenters. The minimum absolute atomic E-state index is 0.130. The predicted molar refractivity (Wildman–Crippen MR) is 46.0 cm³/mol. The van der Waals surface area contributed by atoms with Crippen molar-refractivity contribution in [1.82, 2.24) is 0 Å². The highest BCUT2D eigenvalue weighted by Crippen LogP contribution is 2.17. The van der Waals surface area contributed by atoms with E-state index in [0.717, 1.165) is 0 Å². The zero-order valence-electron chi connectivity index (χ0n) is 7.04. The summed E-state index contributed by atoms with van der Waals surface area (Å²) >= 11 is 0. The SMILES string of the molecule is Cc1ccc(C(F)F)c(B(O)O)c1. The van der Waals surface area contributed by atoms with Crippen LogP contribution in [0.4, 0.5) is 8.78 Å². The molecule has 13 heavy (non-hydrogen) atoms. The van der Waals surface area contributed by atoms with Crippen LogP contribution in [0.25, 0.3) is 0 Å². The van der Waals surface area contributed by atoms with Gasteiger partial charge in [0.2, 0.25) is 0 Å². The van der Waals surface area contributed by atoms with Crippen LogP contribution in [0.3, 0.4) is 0 Å². The third-order valence-corrected chi connectivity index (χ3v) is 1.76. The Morgan fingerprint density at radius 2 is 1.92 bits per heavy atom. The van der Waals surface area contributed by atoms with Crippen molar-refractivity contribution >= 4 is 12.6 Å². The average molecular weight is 186 g/mol. The van der Waals surface area contributed by atoms with Gasteiger partial charge in [0.15, 0.2) is 0 Å². The Balaban J connectivity index is 3.19. The summed E-state index contributed by atoms with van der Waals surface area (Å²) in [5, 5.41) is 17.6. The third kappa shape index (κ3) is 2.26. The topological polar surface area (TPSA) is 40.5 Å². The Morgan fingerprint density at radius 1 is 1.31 bits per heavy atom. The lowest BCUT2D eigenvalue weighted by Crippen LogP contribution is -2.33. The van der Waals surface area contributed by atoms with Gasteiger partial charge in [0, 0.05) is 5.56 Å². The normalized spacial score (nSPS) is 10.6. The molecule has 0 aromatic heterocycles. The van der Waals surface area contributed by atoms with E-state index < -0.39 is 13.5 Å². The quantitative estimate of drug-likeness (QED) is 0.664. The van der Waals surface area contributed by atoms with Crippen LogP contribution in [0.2, 0.25) is 0 Å². The van der Waals surface area contributed by atoms with Gasteiger partial charge in [-0.15, -0.1) is 0 Å². The summed E-state index contributed by atoms with van der Waals surface area (Å²) in [7, 11) is -1.84. The van der Waals surface area contributed by atoms with E-state index in [2.05, 4.69) is 0 Å². The van der Waals surface area contributed by atoms with Gasteiger partial charge in [0.1, 0.15) is 0 Å². The fourth-order valence-electron chi connectivity index (χ4n) is 1.12. The third-order valence-electron chi connectivity index (χ3n) is 1.76. The molecule has 0 aliphatic carbocycles. The maximum atomic E-state index is 12.3. The molecule has 2 nitrogen and oxygen atoms in total. The molecule has 0 fully saturated rings. The summed E-state index contributed by atoms with van der Waals surface area (Å²) in [6.45, 7) is 1.70. The van der Waals surface area contributed by atoms with E-state index in [1.807, 2.05) is 0 Å². The predicted octanol–water partition coefficient (Wildman–Crippen LogP) is 0.612. The molecule has 0 spiro atoms. The minimum atomic E-state index is -2.68. The molecular weight excluding hydrogens is 177 g/mol. The molecule has 0 aliphatic heterocycles. The van der Waals surface area contributed by atoms with Gasteiger partial charge in [-0.2, -0.15) is 0 Å². The first-order chi connectivity index (χ1) is 6.02. The Kier molecular flexibility index (Phi) is 3.00. The molecular formula is C8H9BF2O2. The van der Waals surface area contributed by atoms with Crippen molar-refractivity contribution in [1.29, 1.82) is 0 Å². The largest absolute Gasteiger partial charge is 0.488 e. The van der Waals surface area contributed by atoms with Crippen molar-refractivity contribution in [2.45, 2.75) is 13.3 Å². The van der Waals surface area contributed by atoms with Gasteiger partial charge in [0.05, 0.1) is 0 Å². The molecule has 0 saturated carbocycles. The summed E-state index contributed by atoms with van der Waals surface area (Å²) < 4.78 is 24.6. The van der Waals surface area contributed by atoms with Gasteiger partial charge in [-0.25, -0.2) is 8.78 Å². The first-order valence-corrected chi connectivity index (χ1v) is 3.77. The standard InChI is InChI=1S/C8H9BF2O2/c1-5-2-3-6(8(10)11)7(4-5)9(12)13/h2-4,8,12-13H,1H3. The van der Waals surface area contributed by atoms with Gasteiger partial charge in [-0.05, 0) is 12.4 Å². The van der Waals surface area contributed by atoms with Crippen LogP contribution in [-0.2, 0) is 0 Å². The highest BCUT2D eigenvalue weighted by atomic mass is 19.3. The molecule has 0 bridgehead atoms. The number of aryl methyl sites for hydroxylation is 1. The molecule has 0 saturated heterocycles. The second kappa shape index (κ2) is 3.85. The van der Waals surface area contributed by atoms with Crippen LogP contribution >= 0.6 is 0 Å². The summed E-state index contributed by atoms with van der Waals surface area (Å²) in [4.78, 5) is 0. The molecule has 0 heterocycles. The lowest BCUT2D eigenvalue weighted by molar-refractivity contribution is 0.152. The summed E-state index contributed by atoms with van der Waals surface area (Å²) in [6, 6.07) is 4.05. The first kappa shape index (κ1) is 10.1. The van der Waals surface area contributed by atoms with Gasteiger partial charge >= 0.3 is 7.12 Å². The van der Waals surface area contributed by atoms with Crippen LogP contribution in [-0.4, -0.2) is 17.2 Å². The Labute approximate surface area is 75.0 Å². The number of halogens is 2. The highest BCUT2D eigenvalue weighted by molar-refractivity contribution is 6.59. The lowest BCUT2D eigenvalue weighted by Gasteiger charge is -2.08. The van der Waals surface area contributed by atoms with Crippen LogP contribution in [0.5, 0.6) is 0 Å². The number of alkyl halides is 2. The highest BCUT2D eigenvalue weighted by Gasteiger charge is 2.21. The first-order valence-electron chi connectivity index (χ1n) is 3.77. The molecule has 0 amide bonds. The molecule has 1 aromatic rings. The van der Waals surface area contributed by atoms with Crippen molar-refractivity contribution in [2.75, 3.05) is 0 Å². The van der Waals surface area contributed by atoms with Crippen molar-refractivity contribution in [3.05, 3.63) is 29.3 Å². The monoisotopic (exact) mass is 186 g/mol. The fourth-order valence-corrected chi connectivity index (χ4v) is 1.12. The zero-order valence-corrected chi connectivity index (χ0v) is 7.04. The van der Waals surface area contributed by atoms with Crippen molar-refractivity contribution in [3.63, 3.8) is 0 Å². The van der Waals surface area contributed by atoms with Crippen LogP contribution < -0.4 is 5.46 Å². The van der Waals surface area contributed by atoms with Gasteiger partial charge in [-0.3, -0.25) is 0 Å². The van der Waals surface area contributed by atoms with Gasteiger partial charge < -0.3 is 10.0 Å². The summed E-state index contributed by atoms with van der Waals surface area (Å²) in [5.41, 5.74) is 0.253. The molecule has 0 radical (unpaired) electrons. The molecule has 1 rings (SSSR count). The Hall–Kier alpha value is -0.935. The van der Waals surface area contributed by atoms with E-state index in [0.29, 0.717) is 5.56 Å². The van der Waals surface area contributed by atoms with E-state index in [9.17, 15) is 8.78 Å². The lowest BCUT2D eigenvalue weighted by atomic mass is 9.76. The van der Waals surface area contributed by atoms with Crippen molar-refractivity contribution in [2.24, 2.45) is 0 Å². The fraction of sp³-hybridized carbons (Fsp3) is 0.250. The van der Waals surface area contributed by atoms with Crippen molar-refractivity contribution in [3.8, 4) is 0 Å². The van der Waals surface area contributed by atoms with E-state index in [1.165, 1.54) is 18.2 Å². The zero-order chi connectivity index (χ0) is 10.0. The van der Waals surface area contributed by atoms with Gasteiger partial charge in [-0.1, -0.05) is 23.8 Å². The molecule has 0 atom stereocenters. The van der Waals surface area contributed by atoms with E-state index in [-0.39, 0.29) is 11.0 Å². The molecule has 1 aromatic carbocycles. The summed E-state index contributed by atoms with van der Waals surface area (Å²) in [5.74, 6) is 0. The van der Waals surface area contributed by atoms with E-state index in [4.69, 9.17) is 10.0 Å². The second-order valence-corrected chi connectivity index (χ2v) is 2.81. The smallest absolute Gasteiger partial charge is 0.423 e. The molecule has 2 N–H and O–H groups in total. The maximum Gasteiger partial charge on any atom is 0.488 e. The van der Waals surface area contributed by atoms with E-state index >= 15 is 0 Å². The van der Waals surface area contributed by atoms with Crippen LogP contribution in [0.1, 0.15) is 17.6 Å². The van der Waals surface area contributed by atoms with Crippen LogP contribution in [0, 0.1) is 6.92 Å². The summed E-state index contributed by atoms with van der Waals surface area (Å²) in [6.07, 6.45) is -2.68. The number of hydrogen-bond acceptors (Lipinski definition) is 2. The molecule has 0 aliphatic rings. The maximum absolute atomic E-state index is 12.3. The number of hydrogen-bond donors (Lipinski definition) is 2. The Bertz CT molecular complexity index is 302. The van der Waals surface area contributed by atoms with Gasteiger partial charge in [0.25, 0.3) is 6.43 Å². The Morgan fingerprint density at radius 3 is 2.38 bits per heavy atom. The van der Waals surface area contributed by atoms with Crippen LogP contribution in [0.15, 0.2) is 18.2 Å². The molecule has 70 valence electrons. The average Bonchev–Trinajstić information content (AvgIpc) is 2.03. The van der Waals surface area contributed by atoms with Crippen molar-refractivity contribution < 1.29 is 18.8 Å². The number of benzene rings is 1. The second-order valence-electron chi connectivity index (χ2n) is 2.81.